The van der Waals surface area contributed by atoms with E-state index >= 15 is 0 Å². The Morgan fingerprint density at radius 1 is 0.461 bits per heavy atom. The Hall–Kier alpha value is -3.15. The molecule has 0 radical (unpaired) electrons. The van der Waals surface area contributed by atoms with Gasteiger partial charge in [0.05, 0.1) is 25.4 Å². The van der Waals surface area contributed by atoms with Crippen LogP contribution < -0.4 is 5.32 Å². The number of amides is 1. The van der Waals surface area contributed by atoms with Crippen LogP contribution in [0.15, 0.2) is 109 Å². The number of carbonyl (C=O) groups excluding carboxylic acids is 1. The van der Waals surface area contributed by atoms with Crippen LogP contribution in [0.1, 0.15) is 251 Å². The van der Waals surface area contributed by atoms with Crippen molar-refractivity contribution in [1.29, 1.82) is 0 Å². The summed E-state index contributed by atoms with van der Waals surface area (Å²) in [7, 11) is 0. The minimum atomic E-state index is -1.59. The smallest absolute Gasteiger partial charge is 0.220 e. The van der Waals surface area contributed by atoms with Gasteiger partial charge < -0.3 is 40.3 Å². The van der Waals surface area contributed by atoms with Crippen molar-refractivity contribution < 1.29 is 39.8 Å². The molecule has 9 heteroatoms. The maximum Gasteiger partial charge on any atom is 0.220 e. The van der Waals surface area contributed by atoms with E-state index in [1.807, 2.05) is 6.08 Å². The number of nitrogens with one attached hydrogen (secondary N) is 1. The van der Waals surface area contributed by atoms with Gasteiger partial charge in [0.25, 0.3) is 0 Å². The molecule has 1 heterocycles. The Kier molecular flexibility index (Phi) is 51.4. The Bertz CT molecular complexity index is 1560. The molecule has 0 aromatic carbocycles. The van der Waals surface area contributed by atoms with E-state index in [1.54, 1.807) is 6.08 Å². The minimum absolute atomic E-state index is 0.231. The number of aliphatic hydroxyl groups is 5. The van der Waals surface area contributed by atoms with E-state index in [9.17, 15) is 30.3 Å². The third kappa shape index (κ3) is 43.8. The third-order valence-electron chi connectivity index (χ3n) is 14.1. The van der Waals surface area contributed by atoms with E-state index in [0.29, 0.717) is 12.8 Å². The van der Waals surface area contributed by atoms with Crippen molar-refractivity contribution in [2.75, 3.05) is 13.2 Å². The molecule has 1 amide bonds. The van der Waals surface area contributed by atoms with E-state index < -0.39 is 49.5 Å². The monoisotopic (exact) mass is 1060 g/mol. The number of carbonyl (C=O) groups is 1. The Balaban J connectivity index is 2.25. The normalized spacial score (nSPS) is 19.6. The average molecular weight is 1060 g/mol. The molecule has 1 aliphatic rings. The first-order valence-electron chi connectivity index (χ1n) is 31.1. The number of hydrogen-bond donors (Lipinski definition) is 6. The molecule has 6 N–H and O–H groups in total. The summed E-state index contributed by atoms with van der Waals surface area (Å²) < 4.78 is 11.2. The lowest BCUT2D eigenvalue weighted by Crippen LogP contribution is -2.60. The first kappa shape index (κ1) is 70.9. The molecule has 0 saturated carbocycles. The highest BCUT2D eigenvalue weighted by Crippen LogP contribution is 2.23. The molecule has 7 atom stereocenters. The van der Waals surface area contributed by atoms with Gasteiger partial charge >= 0.3 is 0 Å². The quantitative estimate of drug-likeness (QED) is 0.0261. The molecule has 0 aromatic heterocycles. The molecule has 9 nitrogen and oxygen atoms in total. The molecule has 0 spiro atoms. The summed E-state index contributed by atoms with van der Waals surface area (Å²) in [6.07, 6.45) is 74.7. The Labute approximate surface area is 466 Å². The summed E-state index contributed by atoms with van der Waals surface area (Å²) in [4.78, 5) is 13.0. The lowest BCUT2D eigenvalue weighted by atomic mass is 9.99. The zero-order chi connectivity index (χ0) is 55.0. The fourth-order valence-electron chi connectivity index (χ4n) is 9.19. The molecule has 0 aromatic rings. The van der Waals surface area contributed by atoms with Crippen molar-refractivity contribution in [3.8, 4) is 0 Å². The van der Waals surface area contributed by atoms with Gasteiger partial charge in [0.2, 0.25) is 5.91 Å². The molecule has 1 rings (SSSR count). The predicted octanol–water partition coefficient (Wildman–Crippen LogP) is 16.1. The lowest BCUT2D eigenvalue weighted by Gasteiger charge is -2.40. The van der Waals surface area contributed by atoms with Crippen molar-refractivity contribution in [2.24, 2.45) is 0 Å². The highest BCUT2D eigenvalue weighted by molar-refractivity contribution is 5.76. The van der Waals surface area contributed by atoms with E-state index in [4.69, 9.17) is 9.47 Å². The molecule has 7 unspecified atom stereocenters. The number of allylic oxidation sites excluding steroid dienone is 17. The van der Waals surface area contributed by atoms with Crippen LogP contribution in [0.25, 0.3) is 0 Å². The van der Waals surface area contributed by atoms with Crippen LogP contribution in [-0.4, -0.2) is 87.5 Å². The Morgan fingerprint density at radius 3 is 1.26 bits per heavy atom. The topological polar surface area (TPSA) is 149 Å². The molecule has 0 bridgehead atoms. The summed E-state index contributed by atoms with van der Waals surface area (Å²) in [5.74, 6) is -0.236. The van der Waals surface area contributed by atoms with Crippen LogP contribution >= 0.6 is 0 Å². The van der Waals surface area contributed by atoms with Gasteiger partial charge in [-0.25, -0.2) is 0 Å². The second-order valence-electron chi connectivity index (χ2n) is 21.1. The van der Waals surface area contributed by atoms with Crippen LogP contribution in [0.2, 0.25) is 0 Å². The molecule has 76 heavy (non-hydrogen) atoms. The molecular formula is C67H115NO8. The van der Waals surface area contributed by atoms with Crippen LogP contribution in [0.4, 0.5) is 0 Å². The maximum absolute atomic E-state index is 13.0. The molecule has 1 fully saturated rings. The van der Waals surface area contributed by atoms with Crippen molar-refractivity contribution in [3.05, 3.63) is 109 Å². The lowest BCUT2D eigenvalue weighted by molar-refractivity contribution is -0.302. The van der Waals surface area contributed by atoms with Crippen molar-refractivity contribution in [1.82, 2.24) is 5.32 Å². The van der Waals surface area contributed by atoms with Crippen molar-refractivity contribution in [3.63, 3.8) is 0 Å². The fourth-order valence-corrected chi connectivity index (χ4v) is 9.19. The Morgan fingerprint density at radius 2 is 0.829 bits per heavy atom. The van der Waals surface area contributed by atoms with Gasteiger partial charge in [0.1, 0.15) is 24.4 Å². The first-order chi connectivity index (χ1) is 37.3. The maximum atomic E-state index is 13.0. The number of aliphatic hydroxyl groups excluding tert-OH is 5. The highest BCUT2D eigenvalue weighted by Gasteiger charge is 2.44. The standard InChI is InChI=1S/C67H115NO8/c1-3-5-7-9-11-13-15-17-19-21-23-25-26-27-28-29-30-31-32-33-34-35-37-38-40-42-44-46-48-50-52-54-56-61(70)60(59-75-67-66(74)65(73)64(72)62(58-69)76-67)68-63(71)57-55-53-51-49-47-45-43-41-39-36-24-22-20-18-16-14-12-10-8-6-4-2/h6,8,12,14,18,20,24,36,38,40-41,43,46-49,54,56,60-62,64-67,69-70,72-74H,3-5,7,9-11,13,15-17,19,21-23,25-35,37,39,42,44-45,50-53,55,57-59H2,1-2H3,(H,68,71)/b8-6-,14-12-,20-18-,36-24-,40-38+,43-41-,48-46+,49-47-,56-54+. The van der Waals surface area contributed by atoms with E-state index in [-0.39, 0.29) is 18.9 Å². The van der Waals surface area contributed by atoms with E-state index in [1.165, 1.54) is 141 Å². The summed E-state index contributed by atoms with van der Waals surface area (Å²) in [5, 5.41) is 54.5. The molecule has 1 saturated heterocycles. The second-order valence-corrected chi connectivity index (χ2v) is 21.1. The van der Waals surface area contributed by atoms with Gasteiger partial charge in [-0.05, 0) is 96.3 Å². The van der Waals surface area contributed by atoms with Crippen molar-refractivity contribution >= 4 is 5.91 Å². The molecule has 0 aliphatic carbocycles. The van der Waals surface area contributed by atoms with Crippen LogP contribution in [-0.2, 0) is 14.3 Å². The molecule has 436 valence electrons. The van der Waals surface area contributed by atoms with Gasteiger partial charge in [-0.1, -0.05) is 258 Å². The summed E-state index contributed by atoms with van der Waals surface area (Å²) >= 11 is 0. The van der Waals surface area contributed by atoms with Crippen LogP contribution in [0.3, 0.4) is 0 Å². The highest BCUT2D eigenvalue weighted by atomic mass is 16.7. The molecule has 1 aliphatic heterocycles. The van der Waals surface area contributed by atoms with Gasteiger partial charge in [-0.2, -0.15) is 0 Å². The summed E-state index contributed by atoms with van der Waals surface area (Å²) in [6, 6.07) is -0.861. The summed E-state index contributed by atoms with van der Waals surface area (Å²) in [5.41, 5.74) is 0. The van der Waals surface area contributed by atoms with Gasteiger partial charge in [0.15, 0.2) is 6.29 Å². The van der Waals surface area contributed by atoms with Gasteiger partial charge in [-0.3, -0.25) is 4.79 Å². The zero-order valence-corrected chi connectivity index (χ0v) is 48.5. The minimum Gasteiger partial charge on any atom is -0.394 e. The van der Waals surface area contributed by atoms with Gasteiger partial charge in [-0.15, -0.1) is 0 Å². The number of ether oxygens (including phenoxy) is 2. The predicted molar refractivity (Wildman–Crippen MR) is 322 cm³/mol. The number of unbranched alkanes of at least 4 members (excludes halogenated alkanes) is 26. The molecular weight excluding hydrogens is 947 g/mol. The van der Waals surface area contributed by atoms with E-state index in [2.05, 4.69) is 116 Å². The number of hydrogen-bond acceptors (Lipinski definition) is 8. The number of rotatable bonds is 52. The second kappa shape index (κ2) is 55.2. The SMILES string of the molecule is CC/C=C\C/C=C\C/C=C\C/C=C\C/C=C\C/C=C\CCCCC(=O)NC(COC1OC(CO)C(O)C(O)C1O)C(O)/C=C/CC/C=C/CC/C=C/CCCCCCCCCCCCCCCCCCCCCCCC. The largest absolute Gasteiger partial charge is 0.394 e. The first-order valence-corrected chi connectivity index (χ1v) is 31.1. The van der Waals surface area contributed by atoms with Gasteiger partial charge in [0, 0.05) is 6.42 Å². The van der Waals surface area contributed by atoms with Crippen molar-refractivity contribution in [2.45, 2.75) is 294 Å². The van der Waals surface area contributed by atoms with Crippen LogP contribution in [0, 0.1) is 0 Å². The fraction of sp³-hybridized carbons (Fsp3) is 0.716. The van der Waals surface area contributed by atoms with E-state index in [0.717, 1.165) is 77.0 Å². The van der Waals surface area contributed by atoms with Crippen LogP contribution in [0.5, 0.6) is 0 Å². The zero-order valence-electron chi connectivity index (χ0n) is 48.5. The summed E-state index contributed by atoms with van der Waals surface area (Å²) in [6.45, 7) is 3.63. The average Bonchev–Trinajstić information content (AvgIpc) is 3.42. The third-order valence-corrected chi connectivity index (χ3v) is 14.1.